The number of ether oxygens (including phenoxy) is 2. The van der Waals surface area contributed by atoms with Crippen LogP contribution in [0, 0.1) is 11.2 Å². The first-order chi connectivity index (χ1) is 15.4. The zero-order valence-corrected chi connectivity index (χ0v) is 19.1. The summed E-state index contributed by atoms with van der Waals surface area (Å²) in [6.07, 6.45) is 2.52. The zero-order chi connectivity index (χ0) is 22.7. The molecule has 0 aliphatic carbocycles. The lowest BCUT2D eigenvalue weighted by Gasteiger charge is -2.41. The minimum atomic E-state index is -0.444. The van der Waals surface area contributed by atoms with Gasteiger partial charge in [0, 0.05) is 57.4 Å². The minimum Gasteiger partial charge on any atom is -0.462 e. The molecule has 0 unspecified atom stereocenters. The molecule has 0 aromatic heterocycles. The number of hydrogen-bond acceptors (Lipinski definition) is 6. The molecule has 1 aromatic carbocycles. The first kappa shape index (κ1) is 22.8. The normalized spacial score (nSPS) is 25.8. The van der Waals surface area contributed by atoms with Crippen LogP contribution in [-0.4, -0.2) is 79.9 Å². The second-order valence-electron chi connectivity index (χ2n) is 9.29. The van der Waals surface area contributed by atoms with Crippen molar-refractivity contribution in [3.8, 4) is 0 Å². The van der Waals surface area contributed by atoms with Crippen molar-refractivity contribution in [1.82, 2.24) is 9.80 Å². The fourth-order valence-corrected chi connectivity index (χ4v) is 5.26. The van der Waals surface area contributed by atoms with E-state index in [9.17, 15) is 14.0 Å². The zero-order valence-electron chi connectivity index (χ0n) is 19.1. The smallest absolute Gasteiger partial charge is 0.409 e. The average Bonchev–Trinajstić information content (AvgIpc) is 3.08. The van der Waals surface area contributed by atoms with Gasteiger partial charge in [0.25, 0.3) is 0 Å². The number of piperidine rings is 1. The van der Waals surface area contributed by atoms with Crippen molar-refractivity contribution in [2.24, 2.45) is 5.41 Å². The SMILES string of the molecule is CCOC(=O)N1CCC2(CC1)C[C@H](CCN1CCN(c3ccc(F)cc3)C[C@@H]1C)OC2=O. The Bertz CT molecular complexity index is 810. The Morgan fingerprint density at radius 2 is 1.91 bits per heavy atom. The van der Waals surface area contributed by atoms with Crippen LogP contribution in [0.25, 0.3) is 0 Å². The van der Waals surface area contributed by atoms with Crippen LogP contribution < -0.4 is 4.90 Å². The van der Waals surface area contributed by atoms with Gasteiger partial charge in [-0.25, -0.2) is 9.18 Å². The number of hydrogen-bond donors (Lipinski definition) is 0. The van der Waals surface area contributed by atoms with E-state index in [1.165, 1.54) is 12.1 Å². The maximum absolute atomic E-state index is 13.2. The molecule has 0 bridgehead atoms. The highest BCUT2D eigenvalue weighted by molar-refractivity contribution is 5.79. The lowest BCUT2D eigenvalue weighted by Crippen LogP contribution is -2.52. The van der Waals surface area contributed by atoms with Crippen molar-refractivity contribution in [3.63, 3.8) is 0 Å². The highest BCUT2D eigenvalue weighted by Crippen LogP contribution is 2.44. The lowest BCUT2D eigenvalue weighted by molar-refractivity contribution is -0.150. The molecule has 0 saturated carbocycles. The van der Waals surface area contributed by atoms with Crippen LogP contribution in [0.5, 0.6) is 0 Å². The van der Waals surface area contributed by atoms with E-state index in [-0.39, 0.29) is 24.0 Å². The molecule has 1 aromatic rings. The average molecular weight is 448 g/mol. The molecule has 3 aliphatic heterocycles. The number of benzene rings is 1. The van der Waals surface area contributed by atoms with E-state index in [2.05, 4.69) is 16.7 Å². The molecule has 7 nitrogen and oxygen atoms in total. The summed E-state index contributed by atoms with van der Waals surface area (Å²) in [5.41, 5.74) is 0.610. The van der Waals surface area contributed by atoms with Crippen molar-refractivity contribution < 1.29 is 23.5 Å². The standard InChI is InChI=1S/C24H34FN3O4/c1-3-31-23(30)27-12-9-24(10-13-27)16-21(32-22(24)29)8-11-26-14-15-28(17-18(26)2)20-6-4-19(25)5-7-20/h4-7,18,21H,3,8-17H2,1-2H3/t18-,21-/m0/s1. The van der Waals surface area contributed by atoms with Gasteiger partial charge in [0.15, 0.2) is 0 Å². The molecule has 1 amide bonds. The molecule has 176 valence electrons. The number of rotatable bonds is 5. The van der Waals surface area contributed by atoms with Crippen molar-refractivity contribution in [2.45, 2.75) is 51.7 Å². The predicted molar refractivity (Wildman–Crippen MR) is 119 cm³/mol. The molecule has 3 heterocycles. The van der Waals surface area contributed by atoms with Crippen molar-refractivity contribution in [3.05, 3.63) is 30.1 Å². The van der Waals surface area contributed by atoms with E-state index in [1.54, 1.807) is 11.8 Å². The first-order valence-electron chi connectivity index (χ1n) is 11.8. The second kappa shape index (κ2) is 9.65. The molecule has 32 heavy (non-hydrogen) atoms. The molecule has 0 N–H and O–H groups in total. The summed E-state index contributed by atoms with van der Waals surface area (Å²) in [5, 5.41) is 0. The van der Waals surface area contributed by atoms with Gasteiger partial charge in [-0.05, 0) is 57.4 Å². The van der Waals surface area contributed by atoms with Crippen molar-refractivity contribution in [1.29, 1.82) is 0 Å². The quantitative estimate of drug-likeness (QED) is 0.646. The highest BCUT2D eigenvalue weighted by atomic mass is 19.1. The molecule has 4 rings (SSSR count). The van der Waals surface area contributed by atoms with E-state index in [0.29, 0.717) is 38.6 Å². The van der Waals surface area contributed by atoms with Gasteiger partial charge in [-0.3, -0.25) is 9.69 Å². The fourth-order valence-electron chi connectivity index (χ4n) is 5.26. The predicted octanol–water partition coefficient (Wildman–Crippen LogP) is 3.28. The topological polar surface area (TPSA) is 62.3 Å². The number of nitrogens with zero attached hydrogens (tertiary/aromatic N) is 3. The summed E-state index contributed by atoms with van der Waals surface area (Å²) in [6.45, 7) is 9.07. The Morgan fingerprint density at radius 1 is 1.19 bits per heavy atom. The van der Waals surface area contributed by atoms with Gasteiger partial charge in [0.1, 0.15) is 11.9 Å². The van der Waals surface area contributed by atoms with Crippen molar-refractivity contribution in [2.75, 3.05) is 50.8 Å². The number of likely N-dealkylation sites (tertiary alicyclic amines) is 1. The van der Waals surface area contributed by atoms with Crippen LogP contribution in [-0.2, 0) is 14.3 Å². The van der Waals surface area contributed by atoms with Crippen LogP contribution >= 0.6 is 0 Å². The first-order valence-corrected chi connectivity index (χ1v) is 11.8. The van der Waals surface area contributed by atoms with Crippen LogP contribution in [0.1, 0.15) is 39.5 Å². The van der Waals surface area contributed by atoms with Crippen LogP contribution in [0.4, 0.5) is 14.9 Å². The number of cyclic esters (lactones) is 1. The van der Waals surface area contributed by atoms with Crippen LogP contribution in [0.15, 0.2) is 24.3 Å². The summed E-state index contributed by atoms with van der Waals surface area (Å²) < 4.78 is 24.1. The summed E-state index contributed by atoms with van der Waals surface area (Å²) in [7, 11) is 0. The van der Waals surface area contributed by atoms with E-state index in [0.717, 1.165) is 44.7 Å². The molecule has 2 atom stereocenters. The molecule has 3 fully saturated rings. The third-order valence-electron chi connectivity index (χ3n) is 7.27. The molecule has 1 spiro atoms. The number of carbonyl (C=O) groups is 2. The maximum Gasteiger partial charge on any atom is 0.409 e. The largest absolute Gasteiger partial charge is 0.462 e. The monoisotopic (exact) mass is 447 g/mol. The Labute approximate surface area is 189 Å². The van der Waals surface area contributed by atoms with Gasteiger partial charge in [-0.15, -0.1) is 0 Å². The van der Waals surface area contributed by atoms with E-state index in [1.807, 2.05) is 12.1 Å². The van der Waals surface area contributed by atoms with E-state index < -0.39 is 5.41 Å². The summed E-state index contributed by atoms with van der Waals surface area (Å²) in [6, 6.07) is 7.06. The molecular weight excluding hydrogens is 413 g/mol. The third kappa shape index (κ3) is 4.85. The Balaban J connectivity index is 1.24. The summed E-state index contributed by atoms with van der Waals surface area (Å²) in [5.74, 6) is -0.309. The van der Waals surface area contributed by atoms with Gasteiger partial charge < -0.3 is 19.3 Å². The van der Waals surface area contributed by atoms with Gasteiger partial charge >= 0.3 is 12.1 Å². The lowest BCUT2D eigenvalue weighted by atomic mass is 9.76. The van der Waals surface area contributed by atoms with Crippen LogP contribution in [0.2, 0.25) is 0 Å². The summed E-state index contributed by atoms with van der Waals surface area (Å²) >= 11 is 0. The van der Waals surface area contributed by atoms with Gasteiger partial charge in [0.2, 0.25) is 0 Å². The Morgan fingerprint density at radius 3 is 2.56 bits per heavy atom. The number of anilines is 1. The summed E-state index contributed by atoms with van der Waals surface area (Å²) in [4.78, 5) is 31.1. The van der Waals surface area contributed by atoms with Gasteiger partial charge in [-0.1, -0.05) is 0 Å². The maximum atomic E-state index is 13.2. The highest BCUT2D eigenvalue weighted by Gasteiger charge is 2.50. The number of esters is 1. The van der Waals surface area contributed by atoms with E-state index in [4.69, 9.17) is 9.47 Å². The fraction of sp³-hybridized carbons (Fsp3) is 0.667. The third-order valence-corrected chi connectivity index (χ3v) is 7.27. The number of piperazine rings is 1. The number of halogens is 1. The van der Waals surface area contributed by atoms with Gasteiger partial charge in [-0.2, -0.15) is 0 Å². The molecule has 0 radical (unpaired) electrons. The molecule has 8 heteroatoms. The minimum absolute atomic E-state index is 0.0565. The Hall–Kier alpha value is -2.35. The molecule has 3 saturated heterocycles. The number of carbonyl (C=O) groups excluding carboxylic acids is 2. The Kier molecular flexibility index (Phi) is 6.88. The van der Waals surface area contributed by atoms with Gasteiger partial charge in [0.05, 0.1) is 12.0 Å². The van der Waals surface area contributed by atoms with Crippen molar-refractivity contribution >= 4 is 17.7 Å². The molecular formula is C24H34FN3O4. The number of amides is 1. The second-order valence-corrected chi connectivity index (χ2v) is 9.29. The molecule has 3 aliphatic rings. The van der Waals surface area contributed by atoms with E-state index >= 15 is 0 Å². The van der Waals surface area contributed by atoms with Crippen LogP contribution in [0.3, 0.4) is 0 Å².